The Morgan fingerprint density at radius 2 is 2.06 bits per heavy atom. The minimum atomic E-state index is -3.64. The largest absolute Gasteiger partial charge is 0.461 e. The molecule has 190 valence electrons. The summed E-state index contributed by atoms with van der Waals surface area (Å²) in [7, 11) is 0.184. The smallest absolute Gasteiger partial charge is 0.354 e. The van der Waals surface area contributed by atoms with E-state index in [-0.39, 0.29) is 22.3 Å². The molecule has 0 spiro atoms. The molecule has 1 fully saturated rings. The summed E-state index contributed by atoms with van der Waals surface area (Å²) in [4.78, 5) is 18.0. The standard InChI is InChI=1S/C26H36N4O4S/c1-5-26-11-7-13-29-14-10-19-20-16-18(35(32,33)27-12-15-28(3)4)8-9-21(20)30(23(19)24(26)29)22(17-26)25(31)34-6-2/h8-9,16-17,24,27H,5-7,10-15H2,1-4H3/t24-,26+/m1/s1. The first-order valence-corrected chi connectivity index (χ1v) is 14.2. The molecule has 0 amide bonds. The van der Waals surface area contributed by atoms with Crippen LogP contribution in [-0.4, -0.2) is 75.6 Å². The second kappa shape index (κ2) is 9.03. The zero-order chi connectivity index (χ0) is 25.0. The van der Waals surface area contributed by atoms with Gasteiger partial charge >= 0.3 is 5.97 Å². The van der Waals surface area contributed by atoms with E-state index in [1.54, 1.807) is 12.1 Å². The number of likely N-dealkylation sites (N-methyl/N-ethyl adjacent to an activating group) is 1. The van der Waals surface area contributed by atoms with Gasteiger partial charge < -0.3 is 14.2 Å². The highest BCUT2D eigenvalue weighted by Crippen LogP contribution is 2.57. The Morgan fingerprint density at radius 1 is 1.26 bits per heavy atom. The van der Waals surface area contributed by atoms with Gasteiger partial charge in [-0.2, -0.15) is 0 Å². The Morgan fingerprint density at radius 3 is 2.77 bits per heavy atom. The molecule has 0 bridgehead atoms. The van der Waals surface area contributed by atoms with Gasteiger partial charge in [0.15, 0.2) is 0 Å². The molecule has 0 aliphatic carbocycles. The molecule has 0 unspecified atom stereocenters. The van der Waals surface area contributed by atoms with E-state index in [1.165, 1.54) is 5.56 Å². The maximum atomic E-state index is 13.2. The molecule has 1 saturated heterocycles. The number of nitrogens with zero attached hydrogens (tertiary/aromatic N) is 3. The molecule has 8 nitrogen and oxygen atoms in total. The molecule has 4 heterocycles. The van der Waals surface area contributed by atoms with Gasteiger partial charge in [0.2, 0.25) is 10.0 Å². The van der Waals surface area contributed by atoms with Crippen LogP contribution in [0.1, 0.15) is 50.4 Å². The minimum Gasteiger partial charge on any atom is -0.461 e. The number of piperidine rings is 1. The second-order valence-corrected chi connectivity index (χ2v) is 12.0. The Balaban J connectivity index is 1.68. The van der Waals surface area contributed by atoms with Crippen molar-refractivity contribution in [3.8, 4) is 0 Å². The monoisotopic (exact) mass is 500 g/mol. The Labute approximate surface area is 207 Å². The first-order chi connectivity index (χ1) is 16.7. The van der Waals surface area contributed by atoms with Crippen LogP contribution in [0.3, 0.4) is 0 Å². The summed E-state index contributed by atoms with van der Waals surface area (Å²) in [6.45, 7) is 7.30. The first kappa shape index (κ1) is 24.5. The van der Waals surface area contributed by atoms with Crippen LogP contribution in [0.5, 0.6) is 0 Å². The molecule has 2 atom stereocenters. The first-order valence-electron chi connectivity index (χ1n) is 12.7. The summed E-state index contributed by atoms with van der Waals surface area (Å²) in [6, 6.07) is 5.49. The van der Waals surface area contributed by atoms with Crippen molar-refractivity contribution in [3.05, 3.63) is 35.5 Å². The maximum absolute atomic E-state index is 13.2. The predicted octanol–water partition coefficient (Wildman–Crippen LogP) is 2.99. The average molecular weight is 501 g/mol. The fraction of sp³-hybridized carbons (Fsp3) is 0.577. The van der Waals surface area contributed by atoms with Crippen molar-refractivity contribution in [2.45, 2.75) is 50.5 Å². The lowest BCUT2D eigenvalue weighted by molar-refractivity contribution is -0.136. The molecule has 0 radical (unpaired) electrons. The average Bonchev–Trinajstić information content (AvgIpc) is 3.17. The van der Waals surface area contributed by atoms with E-state index < -0.39 is 10.0 Å². The highest BCUT2D eigenvalue weighted by molar-refractivity contribution is 7.89. The lowest BCUT2D eigenvalue weighted by Gasteiger charge is -2.53. The van der Waals surface area contributed by atoms with Gasteiger partial charge in [-0.3, -0.25) is 4.90 Å². The van der Waals surface area contributed by atoms with Crippen LogP contribution in [0.25, 0.3) is 16.6 Å². The molecule has 3 aliphatic heterocycles. The Hall–Kier alpha value is -2.20. The minimum absolute atomic E-state index is 0.122. The zero-order valence-corrected chi connectivity index (χ0v) is 22.0. The highest BCUT2D eigenvalue weighted by atomic mass is 32.2. The summed E-state index contributed by atoms with van der Waals surface area (Å²) in [5.41, 5.74) is 3.63. The van der Waals surface area contributed by atoms with E-state index in [4.69, 9.17) is 4.74 Å². The van der Waals surface area contributed by atoms with Gasteiger partial charge in [-0.25, -0.2) is 17.9 Å². The van der Waals surface area contributed by atoms with Crippen molar-refractivity contribution in [1.82, 2.24) is 19.1 Å². The Bertz CT molecular complexity index is 1300. The number of carbonyl (C=O) groups excluding carboxylic acids is 1. The normalized spacial score (nSPS) is 23.9. The fourth-order valence-electron chi connectivity index (χ4n) is 6.32. The van der Waals surface area contributed by atoms with E-state index in [0.717, 1.165) is 55.4 Å². The van der Waals surface area contributed by atoms with Gasteiger partial charge in [-0.1, -0.05) is 6.92 Å². The molecule has 5 rings (SSSR count). The van der Waals surface area contributed by atoms with Gasteiger partial charge in [0.1, 0.15) is 5.70 Å². The summed E-state index contributed by atoms with van der Waals surface area (Å²) < 4.78 is 36.4. The summed E-state index contributed by atoms with van der Waals surface area (Å²) in [6.07, 6.45) is 6.07. The third-order valence-corrected chi connectivity index (χ3v) is 9.42. The molecule has 1 N–H and O–H groups in total. The number of benzene rings is 1. The molecule has 35 heavy (non-hydrogen) atoms. The summed E-state index contributed by atoms with van der Waals surface area (Å²) in [5, 5.41) is 0.919. The molecular formula is C26H36N4O4S. The number of nitrogens with one attached hydrogen (secondary N) is 1. The molecule has 1 aromatic heterocycles. The number of fused-ring (bicyclic) bond motifs is 3. The van der Waals surface area contributed by atoms with E-state index in [9.17, 15) is 13.2 Å². The van der Waals surface area contributed by atoms with Crippen LogP contribution in [0.2, 0.25) is 0 Å². The molecular weight excluding hydrogens is 464 g/mol. The number of esters is 1. The lowest BCUT2D eigenvalue weighted by atomic mass is 9.66. The number of hydrogen-bond donors (Lipinski definition) is 1. The summed E-state index contributed by atoms with van der Waals surface area (Å²) >= 11 is 0. The van der Waals surface area contributed by atoms with Crippen LogP contribution in [0.15, 0.2) is 29.2 Å². The van der Waals surface area contributed by atoms with E-state index in [2.05, 4.69) is 27.2 Å². The van der Waals surface area contributed by atoms with E-state index in [0.29, 0.717) is 25.4 Å². The van der Waals surface area contributed by atoms with Crippen molar-refractivity contribution in [2.75, 3.05) is 46.9 Å². The number of rotatable bonds is 8. The van der Waals surface area contributed by atoms with Gasteiger partial charge in [0.25, 0.3) is 0 Å². The lowest BCUT2D eigenvalue weighted by Crippen LogP contribution is -2.51. The van der Waals surface area contributed by atoms with Gasteiger partial charge in [0, 0.05) is 36.1 Å². The van der Waals surface area contributed by atoms with Crippen molar-refractivity contribution < 1.29 is 17.9 Å². The predicted molar refractivity (Wildman–Crippen MR) is 137 cm³/mol. The van der Waals surface area contributed by atoms with Crippen LogP contribution in [0.4, 0.5) is 0 Å². The van der Waals surface area contributed by atoms with Gasteiger partial charge in [-0.05, 0) is 83.1 Å². The molecule has 2 aromatic rings. The third kappa shape index (κ3) is 3.93. The van der Waals surface area contributed by atoms with Crippen molar-refractivity contribution in [1.29, 1.82) is 0 Å². The number of ether oxygens (including phenoxy) is 1. The SMILES string of the molecule is CCOC(=O)C1=C[C@]2(CC)CCCN3CCc4c(n1c1ccc(S(=O)(=O)NCCN(C)C)cc41)[C@@H]32. The third-order valence-electron chi connectivity index (χ3n) is 7.96. The van der Waals surface area contributed by atoms with Crippen molar-refractivity contribution in [2.24, 2.45) is 5.41 Å². The van der Waals surface area contributed by atoms with Crippen LogP contribution in [-0.2, 0) is 26.0 Å². The highest BCUT2D eigenvalue weighted by Gasteiger charge is 2.51. The molecule has 3 aliphatic rings. The molecule has 0 saturated carbocycles. The number of aromatic nitrogens is 1. The fourth-order valence-corrected chi connectivity index (χ4v) is 7.36. The van der Waals surface area contributed by atoms with Crippen molar-refractivity contribution in [3.63, 3.8) is 0 Å². The maximum Gasteiger partial charge on any atom is 0.354 e. The van der Waals surface area contributed by atoms with E-state index >= 15 is 0 Å². The van der Waals surface area contributed by atoms with Crippen LogP contribution >= 0.6 is 0 Å². The van der Waals surface area contributed by atoms with Gasteiger partial charge in [-0.15, -0.1) is 0 Å². The van der Waals surface area contributed by atoms with Crippen LogP contribution in [0, 0.1) is 5.41 Å². The van der Waals surface area contributed by atoms with E-state index in [1.807, 2.05) is 32.0 Å². The zero-order valence-electron chi connectivity index (χ0n) is 21.1. The van der Waals surface area contributed by atoms with Crippen LogP contribution < -0.4 is 4.72 Å². The topological polar surface area (TPSA) is 83.9 Å². The quantitative estimate of drug-likeness (QED) is 0.561. The summed E-state index contributed by atoms with van der Waals surface area (Å²) in [5.74, 6) is -0.316. The number of sulfonamides is 1. The second-order valence-electron chi connectivity index (χ2n) is 10.2. The number of carbonyl (C=O) groups is 1. The molecule has 9 heteroatoms. The number of hydrogen-bond acceptors (Lipinski definition) is 6. The molecule has 1 aromatic carbocycles. The van der Waals surface area contributed by atoms with Gasteiger partial charge in [0.05, 0.1) is 23.1 Å². The van der Waals surface area contributed by atoms with Crippen molar-refractivity contribution >= 4 is 32.6 Å². The Kier molecular flexibility index (Phi) is 6.32.